The van der Waals surface area contributed by atoms with Crippen LogP contribution < -0.4 is 15.4 Å². The Morgan fingerprint density at radius 3 is 2.85 bits per heavy atom. The van der Waals surface area contributed by atoms with E-state index in [0.29, 0.717) is 64.8 Å². The molecular weight excluding hydrogens is 525 g/mol. The summed E-state index contributed by atoms with van der Waals surface area (Å²) in [5, 5.41) is 16.1. The van der Waals surface area contributed by atoms with Crippen molar-refractivity contribution in [2.24, 2.45) is 17.8 Å². The summed E-state index contributed by atoms with van der Waals surface area (Å²) in [7, 11) is 0. The van der Waals surface area contributed by atoms with Gasteiger partial charge in [0.25, 0.3) is 0 Å². The highest BCUT2D eigenvalue weighted by Crippen LogP contribution is 2.51. The first-order chi connectivity index (χ1) is 19.0. The summed E-state index contributed by atoms with van der Waals surface area (Å²) < 4.78 is 25.4. The SMILES string of the molecule is O=C(C=CCN1CCC1CO)Nc1cc2c(Nc3ccc(F)c(Cl)c3)ncnc2cc1OCC1C2COC[C@@H]21. The third kappa shape index (κ3) is 5.56. The number of amides is 1. The quantitative estimate of drug-likeness (QED) is 0.323. The minimum atomic E-state index is -0.512. The smallest absolute Gasteiger partial charge is 0.248 e. The van der Waals surface area contributed by atoms with E-state index in [9.17, 15) is 14.3 Å². The molecule has 9 nitrogen and oxygen atoms in total. The lowest BCUT2D eigenvalue weighted by Crippen LogP contribution is -2.49. The second-order valence-corrected chi connectivity index (χ2v) is 10.6. The van der Waals surface area contributed by atoms with Crippen molar-refractivity contribution < 1.29 is 23.8 Å². The number of anilines is 3. The topological polar surface area (TPSA) is 109 Å². The van der Waals surface area contributed by atoms with E-state index >= 15 is 0 Å². The van der Waals surface area contributed by atoms with Crippen LogP contribution in [0.15, 0.2) is 48.8 Å². The first-order valence-corrected chi connectivity index (χ1v) is 13.4. The summed E-state index contributed by atoms with van der Waals surface area (Å²) in [4.78, 5) is 23.7. The molecule has 0 bridgehead atoms. The number of carbonyl (C=O) groups excluding carboxylic acids is 1. The zero-order chi connectivity index (χ0) is 26.9. The number of hydrogen-bond donors (Lipinski definition) is 3. The Morgan fingerprint density at radius 2 is 2.10 bits per heavy atom. The van der Waals surface area contributed by atoms with Gasteiger partial charge in [0.2, 0.25) is 5.91 Å². The molecule has 6 rings (SSSR count). The highest BCUT2D eigenvalue weighted by Gasteiger charge is 2.54. The van der Waals surface area contributed by atoms with Crippen LogP contribution in [-0.4, -0.2) is 71.4 Å². The lowest BCUT2D eigenvalue weighted by Gasteiger charge is -2.39. The van der Waals surface area contributed by atoms with E-state index in [2.05, 4.69) is 25.5 Å². The van der Waals surface area contributed by atoms with Crippen LogP contribution in [0.2, 0.25) is 5.02 Å². The molecule has 1 aromatic heterocycles. The third-order valence-electron chi connectivity index (χ3n) is 7.82. The molecule has 11 heteroatoms. The van der Waals surface area contributed by atoms with Gasteiger partial charge in [-0.2, -0.15) is 0 Å². The number of aliphatic hydroxyl groups is 1. The highest BCUT2D eigenvalue weighted by atomic mass is 35.5. The zero-order valence-corrected chi connectivity index (χ0v) is 21.9. The molecule has 2 aliphatic heterocycles. The van der Waals surface area contributed by atoms with E-state index < -0.39 is 5.82 Å². The number of rotatable bonds is 10. The standard InChI is InChI=1S/C28H29ClFN5O4/c29-22-8-16(3-4-23(22)30)33-28-18-9-25(34-27(37)2-1-6-35-7-5-17(35)11-36)26(10-24(18)31-15-32-28)39-14-21-19-12-38-13-20(19)21/h1-4,8-10,15,17,19-21,36H,5-7,11-14H2,(H,34,37)(H,31,32,33)/t17?,19-,20?,21?/m0/s1. The van der Waals surface area contributed by atoms with Gasteiger partial charge in [-0.15, -0.1) is 0 Å². The largest absolute Gasteiger partial charge is 0.491 e. The molecule has 3 heterocycles. The lowest BCUT2D eigenvalue weighted by molar-refractivity contribution is -0.111. The van der Waals surface area contributed by atoms with E-state index in [1.807, 2.05) is 0 Å². The Balaban J connectivity index is 1.24. The minimum Gasteiger partial charge on any atom is -0.491 e. The third-order valence-corrected chi connectivity index (χ3v) is 8.11. The second kappa shape index (κ2) is 11.1. The van der Waals surface area contributed by atoms with Crippen LogP contribution in [0.3, 0.4) is 0 Å². The maximum Gasteiger partial charge on any atom is 0.248 e. The Kier molecular flexibility index (Phi) is 7.35. The van der Waals surface area contributed by atoms with Crippen molar-refractivity contribution in [2.45, 2.75) is 12.5 Å². The fourth-order valence-corrected chi connectivity index (χ4v) is 5.49. The molecule has 2 saturated heterocycles. The van der Waals surface area contributed by atoms with Crippen molar-refractivity contribution in [3.05, 3.63) is 59.7 Å². The van der Waals surface area contributed by atoms with Crippen molar-refractivity contribution in [1.29, 1.82) is 0 Å². The molecule has 204 valence electrons. The molecule has 0 radical (unpaired) electrons. The molecule has 3 aromatic rings. The Hall–Kier alpha value is -3.31. The van der Waals surface area contributed by atoms with Crippen molar-refractivity contribution in [2.75, 3.05) is 50.2 Å². The van der Waals surface area contributed by atoms with Crippen molar-refractivity contribution in [3.8, 4) is 5.75 Å². The molecule has 1 aliphatic carbocycles. The van der Waals surface area contributed by atoms with Crippen molar-refractivity contribution in [3.63, 3.8) is 0 Å². The number of carbonyl (C=O) groups is 1. The zero-order valence-electron chi connectivity index (χ0n) is 21.1. The van der Waals surface area contributed by atoms with Crippen LogP contribution in [0.4, 0.5) is 21.6 Å². The molecule has 1 amide bonds. The number of ether oxygens (including phenoxy) is 2. The predicted molar refractivity (Wildman–Crippen MR) is 146 cm³/mol. The Bertz CT molecular complexity index is 1410. The lowest BCUT2D eigenvalue weighted by atomic mass is 10.0. The fraction of sp³-hybridized carbons (Fsp3) is 0.393. The maximum atomic E-state index is 13.6. The van der Waals surface area contributed by atoms with E-state index in [1.54, 1.807) is 24.3 Å². The molecule has 39 heavy (non-hydrogen) atoms. The van der Waals surface area contributed by atoms with Gasteiger partial charge < -0.3 is 25.2 Å². The number of hydrogen-bond acceptors (Lipinski definition) is 8. The van der Waals surface area contributed by atoms with Gasteiger partial charge in [0.15, 0.2) is 0 Å². The summed E-state index contributed by atoms with van der Waals surface area (Å²) in [5.74, 6) is 1.71. The van der Waals surface area contributed by atoms with Gasteiger partial charge >= 0.3 is 0 Å². The number of likely N-dealkylation sites (tertiary alicyclic amines) is 1. The van der Waals surface area contributed by atoms with Gasteiger partial charge in [-0.25, -0.2) is 14.4 Å². The molecule has 0 spiro atoms. The van der Waals surface area contributed by atoms with Crippen molar-refractivity contribution in [1.82, 2.24) is 14.9 Å². The van der Waals surface area contributed by atoms with Gasteiger partial charge in [0.1, 0.15) is 23.7 Å². The monoisotopic (exact) mass is 553 g/mol. The van der Waals surface area contributed by atoms with Gasteiger partial charge in [-0.05, 0) is 42.5 Å². The van der Waals surface area contributed by atoms with E-state index in [0.717, 1.165) is 26.2 Å². The van der Waals surface area contributed by atoms with Crippen LogP contribution in [-0.2, 0) is 9.53 Å². The molecule has 3 N–H and O–H groups in total. The van der Waals surface area contributed by atoms with Crippen molar-refractivity contribution >= 4 is 45.6 Å². The van der Waals surface area contributed by atoms with E-state index in [-0.39, 0.29) is 23.6 Å². The number of aliphatic hydroxyl groups excluding tert-OH is 1. The molecule has 4 atom stereocenters. The van der Waals surface area contributed by atoms with E-state index in [1.165, 1.54) is 24.5 Å². The number of nitrogens with one attached hydrogen (secondary N) is 2. The molecular formula is C28H29ClFN5O4. The molecule has 3 aliphatic rings. The van der Waals surface area contributed by atoms with Gasteiger partial charge in [-0.3, -0.25) is 9.69 Å². The molecule has 2 aromatic carbocycles. The Labute approximate surface area is 230 Å². The average Bonchev–Trinajstić information content (AvgIpc) is 3.32. The first kappa shape index (κ1) is 25.9. The number of aromatic nitrogens is 2. The Morgan fingerprint density at radius 1 is 1.26 bits per heavy atom. The molecule has 3 fully saturated rings. The second-order valence-electron chi connectivity index (χ2n) is 10.2. The average molecular weight is 554 g/mol. The number of benzene rings is 2. The summed E-state index contributed by atoms with van der Waals surface area (Å²) in [5.41, 5.74) is 1.67. The van der Waals surface area contributed by atoms with Crippen LogP contribution in [0, 0.1) is 23.6 Å². The normalized spacial score (nSPS) is 24.0. The highest BCUT2D eigenvalue weighted by molar-refractivity contribution is 6.31. The molecule has 1 saturated carbocycles. The summed E-state index contributed by atoms with van der Waals surface area (Å²) in [6.45, 7) is 3.70. The predicted octanol–water partition coefficient (Wildman–Crippen LogP) is 4.00. The van der Waals surface area contributed by atoms with Crippen LogP contribution >= 0.6 is 11.6 Å². The van der Waals surface area contributed by atoms with Crippen LogP contribution in [0.5, 0.6) is 5.75 Å². The van der Waals surface area contributed by atoms with E-state index in [4.69, 9.17) is 21.1 Å². The fourth-order valence-electron chi connectivity index (χ4n) is 5.31. The summed E-state index contributed by atoms with van der Waals surface area (Å²) >= 11 is 5.95. The summed E-state index contributed by atoms with van der Waals surface area (Å²) in [6, 6.07) is 8.05. The number of halogens is 2. The number of nitrogens with zero attached hydrogens (tertiary/aromatic N) is 3. The van der Waals surface area contributed by atoms with Crippen LogP contribution in [0.1, 0.15) is 6.42 Å². The minimum absolute atomic E-state index is 0.00688. The van der Waals surface area contributed by atoms with Crippen LogP contribution in [0.25, 0.3) is 10.9 Å². The summed E-state index contributed by atoms with van der Waals surface area (Å²) in [6.07, 6.45) is 5.67. The number of fused-ring (bicyclic) bond motifs is 2. The van der Waals surface area contributed by atoms with Gasteiger partial charge in [0, 0.05) is 48.3 Å². The molecule has 3 unspecified atom stereocenters. The first-order valence-electron chi connectivity index (χ1n) is 13.0. The maximum absolute atomic E-state index is 13.6. The van der Waals surface area contributed by atoms with Gasteiger partial charge in [-0.1, -0.05) is 17.7 Å². The van der Waals surface area contributed by atoms with Gasteiger partial charge in [0.05, 0.1) is 42.7 Å².